The minimum atomic E-state index is -1.83. The highest BCUT2D eigenvalue weighted by Crippen LogP contribution is 2.28. The van der Waals surface area contributed by atoms with E-state index in [0.29, 0.717) is 0 Å². The van der Waals surface area contributed by atoms with Crippen LogP contribution in [0.1, 0.15) is 83.9 Å². The number of hydrogen-bond acceptors (Lipinski definition) is 7. The molecule has 47 heavy (non-hydrogen) atoms. The van der Waals surface area contributed by atoms with Crippen LogP contribution in [0.25, 0.3) is 0 Å². The molecular formula is C34H41F4N3O6. The molecule has 3 atom stereocenters. The molecule has 2 aromatic carbocycles. The van der Waals surface area contributed by atoms with Gasteiger partial charge in [-0.25, -0.2) is 13.5 Å². The Morgan fingerprint density at radius 3 is 2.19 bits per heavy atom. The molecule has 9 nitrogen and oxygen atoms in total. The molecule has 3 aromatic rings. The van der Waals surface area contributed by atoms with Gasteiger partial charge in [0, 0.05) is 17.8 Å². The number of esters is 1. The van der Waals surface area contributed by atoms with Crippen molar-refractivity contribution in [3.05, 3.63) is 92.9 Å². The highest BCUT2D eigenvalue weighted by Gasteiger charge is 2.32. The van der Waals surface area contributed by atoms with Crippen LogP contribution in [-0.4, -0.2) is 51.1 Å². The number of ether oxygens (including phenoxy) is 2. The molecule has 0 radical (unpaired) electrons. The van der Waals surface area contributed by atoms with E-state index >= 15 is 0 Å². The van der Waals surface area contributed by atoms with Crippen molar-refractivity contribution < 1.29 is 41.7 Å². The lowest BCUT2D eigenvalue weighted by Crippen LogP contribution is -2.49. The second kappa shape index (κ2) is 15.1. The summed E-state index contributed by atoms with van der Waals surface area (Å²) < 4.78 is 67.1. The number of carbonyl (C=O) groups is 2. The molecule has 0 saturated carbocycles. The summed E-state index contributed by atoms with van der Waals surface area (Å²) in [6.45, 7) is 11.8. The summed E-state index contributed by atoms with van der Waals surface area (Å²) >= 11 is 0. The van der Waals surface area contributed by atoms with Gasteiger partial charge in [-0.15, -0.1) is 0 Å². The Bertz CT molecular complexity index is 1620. The number of hydrogen-bond donors (Lipinski definition) is 2. The predicted octanol–water partition coefficient (Wildman–Crippen LogP) is 5.30. The number of rotatable bonds is 12. The fraction of sp³-hybridized carbons (Fsp3) is 0.471. The molecule has 0 aliphatic heterocycles. The van der Waals surface area contributed by atoms with Crippen LogP contribution in [-0.2, 0) is 26.3 Å². The highest BCUT2D eigenvalue weighted by molar-refractivity contribution is 5.84. The van der Waals surface area contributed by atoms with E-state index in [-0.39, 0.29) is 30.0 Å². The van der Waals surface area contributed by atoms with Crippen molar-refractivity contribution in [1.82, 2.24) is 15.1 Å². The first-order valence-electron chi connectivity index (χ1n) is 15.1. The molecule has 1 amide bonds. The molecule has 0 aliphatic rings. The number of benzene rings is 2. The zero-order valence-electron chi connectivity index (χ0n) is 27.5. The Labute approximate surface area is 270 Å². The number of aliphatic hydroxyl groups is 1. The summed E-state index contributed by atoms with van der Waals surface area (Å²) in [5, 5.41) is 17.6. The number of halogens is 4. The summed E-state index contributed by atoms with van der Waals surface area (Å²) in [6.07, 6.45) is -0.906. The first kappa shape index (κ1) is 37.2. The van der Waals surface area contributed by atoms with Gasteiger partial charge in [-0.2, -0.15) is 13.9 Å². The quantitative estimate of drug-likeness (QED) is 0.154. The average Bonchev–Trinajstić information content (AvgIpc) is 2.96. The number of nitrogens with zero attached hydrogens (tertiary/aromatic N) is 2. The number of aliphatic hydroxyl groups excluding tert-OH is 1. The lowest BCUT2D eigenvalue weighted by molar-refractivity contribution is -0.156. The monoisotopic (exact) mass is 663 g/mol. The van der Waals surface area contributed by atoms with Crippen molar-refractivity contribution in [2.75, 3.05) is 6.61 Å². The molecule has 3 rings (SSSR count). The molecule has 13 heteroatoms. The summed E-state index contributed by atoms with van der Waals surface area (Å²) in [5.74, 6) is -11.2. The SMILES string of the molecule is CCC(C(=O)NC(CC(=O)OC(C)(C)C)[C@H](O)COc1c(F)c(F)cc(F)c1F)c1ccnn(Cc2ccccc2C(C)(C)C)c1=O. The van der Waals surface area contributed by atoms with Crippen LogP contribution < -0.4 is 15.6 Å². The minimum absolute atomic E-state index is 0.000792. The molecule has 0 spiro atoms. The largest absolute Gasteiger partial charge is 0.485 e. The summed E-state index contributed by atoms with van der Waals surface area (Å²) in [4.78, 5) is 39.9. The van der Waals surface area contributed by atoms with E-state index in [1.165, 1.54) is 16.9 Å². The Hall–Kier alpha value is -4.26. The highest BCUT2D eigenvalue weighted by atomic mass is 19.2. The van der Waals surface area contributed by atoms with Gasteiger partial charge in [0.2, 0.25) is 17.5 Å². The van der Waals surface area contributed by atoms with Crippen LogP contribution in [0.5, 0.6) is 5.75 Å². The van der Waals surface area contributed by atoms with E-state index in [0.717, 1.165) is 11.1 Å². The number of carbonyl (C=O) groups excluding carboxylic acids is 2. The van der Waals surface area contributed by atoms with E-state index in [1.54, 1.807) is 27.7 Å². The van der Waals surface area contributed by atoms with Crippen molar-refractivity contribution in [2.24, 2.45) is 0 Å². The van der Waals surface area contributed by atoms with Crippen LogP contribution >= 0.6 is 0 Å². The molecule has 2 unspecified atom stereocenters. The third-order valence-corrected chi connectivity index (χ3v) is 7.26. The second-order valence-corrected chi connectivity index (χ2v) is 13.2. The Morgan fingerprint density at radius 2 is 1.62 bits per heavy atom. The number of aromatic nitrogens is 2. The third-order valence-electron chi connectivity index (χ3n) is 7.26. The predicted molar refractivity (Wildman–Crippen MR) is 166 cm³/mol. The molecule has 2 N–H and O–H groups in total. The molecular weight excluding hydrogens is 622 g/mol. The smallest absolute Gasteiger partial charge is 0.308 e. The van der Waals surface area contributed by atoms with Crippen molar-refractivity contribution in [1.29, 1.82) is 0 Å². The van der Waals surface area contributed by atoms with Crippen molar-refractivity contribution in [2.45, 2.75) is 96.9 Å². The van der Waals surface area contributed by atoms with E-state index in [2.05, 4.69) is 10.4 Å². The Kier molecular flexibility index (Phi) is 11.9. The molecule has 0 bridgehead atoms. The van der Waals surface area contributed by atoms with Crippen molar-refractivity contribution in [3.63, 3.8) is 0 Å². The fourth-order valence-corrected chi connectivity index (χ4v) is 5.03. The first-order valence-corrected chi connectivity index (χ1v) is 15.1. The number of nitrogens with one attached hydrogen (secondary N) is 1. The van der Waals surface area contributed by atoms with Crippen LogP contribution in [0.2, 0.25) is 0 Å². The maximum absolute atomic E-state index is 14.2. The molecule has 256 valence electrons. The molecule has 0 aliphatic carbocycles. The van der Waals surface area contributed by atoms with Crippen LogP contribution in [0.4, 0.5) is 17.6 Å². The molecule has 1 heterocycles. The Morgan fingerprint density at radius 1 is 1.00 bits per heavy atom. The summed E-state index contributed by atoms with van der Waals surface area (Å²) in [6, 6.07) is 7.58. The average molecular weight is 664 g/mol. The summed E-state index contributed by atoms with van der Waals surface area (Å²) in [5.41, 5.74) is 0.330. The van der Waals surface area contributed by atoms with Crippen LogP contribution in [0, 0.1) is 23.3 Å². The normalized spacial score (nSPS) is 13.9. The second-order valence-electron chi connectivity index (χ2n) is 13.2. The zero-order chi connectivity index (χ0) is 35.3. The standard InChI is InChI=1S/C34H41F4N3O6/c1-8-20(21-13-14-39-41(32(21)45)17-19-11-9-10-12-22(19)33(2,3)4)31(44)40-25(16-27(43)47-34(5,6)7)26(42)18-46-30-28(37)23(35)15-24(36)29(30)38/h9-15,20,25-26,42H,8,16-18H2,1-7H3,(H,40,44)/t20?,25?,26-/m1/s1. The summed E-state index contributed by atoms with van der Waals surface area (Å²) in [7, 11) is 0. The fourth-order valence-electron chi connectivity index (χ4n) is 5.03. The van der Waals surface area contributed by atoms with Gasteiger partial charge in [0.15, 0.2) is 17.4 Å². The first-order chi connectivity index (χ1) is 21.8. The number of amides is 1. The van der Waals surface area contributed by atoms with Gasteiger partial charge in [0.1, 0.15) is 18.3 Å². The van der Waals surface area contributed by atoms with E-state index in [4.69, 9.17) is 9.47 Å². The molecule has 1 aromatic heterocycles. The Balaban J connectivity index is 1.89. The van der Waals surface area contributed by atoms with Gasteiger partial charge in [-0.1, -0.05) is 52.0 Å². The minimum Gasteiger partial charge on any atom is -0.485 e. The van der Waals surface area contributed by atoms with E-state index < -0.39 is 83.1 Å². The van der Waals surface area contributed by atoms with Gasteiger partial charge in [0.05, 0.1) is 24.9 Å². The lowest BCUT2D eigenvalue weighted by atomic mass is 9.84. The lowest BCUT2D eigenvalue weighted by Gasteiger charge is -2.27. The van der Waals surface area contributed by atoms with Gasteiger partial charge in [-0.3, -0.25) is 14.4 Å². The van der Waals surface area contributed by atoms with Crippen LogP contribution in [0.15, 0.2) is 47.4 Å². The molecule has 0 saturated heterocycles. The van der Waals surface area contributed by atoms with Crippen molar-refractivity contribution in [3.8, 4) is 5.75 Å². The maximum atomic E-state index is 14.2. The van der Waals surface area contributed by atoms with Gasteiger partial charge < -0.3 is 19.9 Å². The van der Waals surface area contributed by atoms with Gasteiger partial charge >= 0.3 is 5.97 Å². The maximum Gasteiger partial charge on any atom is 0.308 e. The van der Waals surface area contributed by atoms with Crippen LogP contribution in [0.3, 0.4) is 0 Å². The van der Waals surface area contributed by atoms with Gasteiger partial charge in [0.25, 0.3) is 5.56 Å². The van der Waals surface area contributed by atoms with Gasteiger partial charge in [-0.05, 0) is 49.8 Å². The van der Waals surface area contributed by atoms with E-state index in [9.17, 15) is 37.1 Å². The topological polar surface area (TPSA) is 120 Å². The van der Waals surface area contributed by atoms with Crippen molar-refractivity contribution >= 4 is 11.9 Å². The zero-order valence-corrected chi connectivity index (χ0v) is 27.5. The molecule has 0 fully saturated rings. The van der Waals surface area contributed by atoms with E-state index in [1.807, 2.05) is 45.0 Å². The third kappa shape index (κ3) is 9.63.